The van der Waals surface area contributed by atoms with Gasteiger partial charge in [0.2, 0.25) is 5.89 Å². The van der Waals surface area contributed by atoms with E-state index in [4.69, 9.17) is 9.15 Å². The number of esters is 1. The van der Waals surface area contributed by atoms with Crippen LogP contribution in [0.5, 0.6) is 0 Å². The lowest BCUT2D eigenvalue weighted by molar-refractivity contribution is -0.150. The van der Waals surface area contributed by atoms with E-state index in [0.29, 0.717) is 5.89 Å². The fourth-order valence-electron chi connectivity index (χ4n) is 2.95. The third-order valence-electron chi connectivity index (χ3n) is 4.66. The number of rotatable bonds is 8. The number of anilines is 1. The van der Waals surface area contributed by atoms with Crippen LogP contribution < -0.4 is 5.32 Å². The molecule has 150 valence electrons. The van der Waals surface area contributed by atoms with Crippen molar-refractivity contribution < 1.29 is 18.7 Å². The Balaban J connectivity index is 1.58. The highest BCUT2D eigenvalue weighted by molar-refractivity contribution is 5.91. The molecule has 2 atom stereocenters. The maximum absolute atomic E-state index is 12.6. The van der Waals surface area contributed by atoms with Gasteiger partial charge in [-0.1, -0.05) is 73.9 Å². The van der Waals surface area contributed by atoms with E-state index in [1.54, 1.807) is 0 Å². The van der Waals surface area contributed by atoms with Crippen molar-refractivity contribution in [2.75, 3.05) is 11.9 Å². The maximum atomic E-state index is 12.6. The molecule has 0 saturated heterocycles. The zero-order valence-corrected chi connectivity index (χ0v) is 16.4. The Labute approximate surface area is 169 Å². The van der Waals surface area contributed by atoms with Crippen molar-refractivity contribution >= 4 is 17.9 Å². The average Bonchev–Trinajstić information content (AvgIpc) is 3.22. The Hall–Kier alpha value is -3.48. The van der Waals surface area contributed by atoms with Crippen molar-refractivity contribution in [3.63, 3.8) is 0 Å². The van der Waals surface area contributed by atoms with Crippen LogP contribution in [0.4, 0.5) is 6.01 Å². The number of hydrogen-bond donors (Lipinski definition) is 1. The number of nitrogens with zero attached hydrogens (tertiary/aromatic N) is 2. The van der Waals surface area contributed by atoms with Crippen LogP contribution >= 0.6 is 0 Å². The molecular formula is C22H23N3O4. The van der Waals surface area contributed by atoms with Gasteiger partial charge in [0.25, 0.3) is 5.91 Å². The van der Waals surface area contributed by atoms with Gasteiger partial charge in [0.15, 0.2) is 6.61 Å². The van der Waals surface area contributed by atoms with Gasteiger partial charge in [-0.05, 0) is 23.6 Å². The van der Waals surface area contributed by atoms with Gasteiger partial charge in [-0.25, -0.2) is 0 Å². The van der Waals surface area contributed by atoms with Gasteiger partial charge < -0.3 is 9.15 Å². The molecule has 3 aromatic rings. The fraction of sp³-hybridized carbons (Fsp3) is 0.273. The highest BCUT2D eigenvalue weighted by Crippen LogP contribution is 2.28. The highest BCUT2D eigenvalue weighted by Gasteiger charge is 2.28. The zero-order valence-electron chi connectivity index (χ0n) is 16.4. The predicted molar refractivity (Wildman–Crippen MR) is 108 cm³/mol. The molecule has 0 radical (unpaired) electrons. The molecule has 1 heterocycles. The molecule has 0 fully saturated rings. The Bertz CT molecular complexity index is 941. The largest absolute Gasteiger partial charge is 0.455 e. The number of aromatic nitrogens is 2. The summed E-state index contributed by atoms with van der Waals surface area (Å²) in [7, 11) is 0. The molecule has 1 N–H and O–H groups in total. The van der Waals surface area contributed by atoms with Crippen LogP contribution in [0.1, 0.15) is 31.7 Å². The summed E-state index contributed by atoms with van der Waals surface area (Å²) in [4.78, 5) is 24.8. The first-order valence-electron chi connectivity index (χ1n) is 9.48. The van der Waals surface area contributed by atoms with Crippen molar-refractivity contribution in [3.05, 3.63) is 66.2 Å². The maximum Gasteiger partial charge on any atom is 0.322 e. The lowest BCUT2D eigenvalue weighted by Crippen LogP contribution is -2.27. The lowest BCUT2D eigenvalue weighted by atomic mass is 9.86. The molecule has 0 aliphatic rings. The SMILES string of the molecule is CC[C@@H](C)[C@@H](C(=O)OCC(=O)Nc1nnc(-c2ccccc2)o1)c1ccccc1. The molecule has 0 aliphatic carbocycles. The summed E-state index contributed by atoms with van der Waals surface area (Å²) >= 11 is 0. The van der Waals surface area contributed by atoms with Crippen LogP contribution in [0.25, 0.3) is 11.5 Å². The van der Waals surface area contributed by atoms with Gasteiger partial charge in [0.1, 0.15) is 0 Å². The van der Waals surface area contributed by atoms with Gasteiger partial charge in [-0.2, -0.15) is 0 Å². The van der Waals surface area contributed by atoms with Crippen molar-refractivity contribution in [3.8, 4) is 11.5 Å². The van der Waals surface area contributed by atoms with E-state index in [-0.39, 0.29) is 11.9 Å². The number of ether oxygens (including phenoxy) is 1. The summed E-state index contributed by atoms with van der Waals surface area (Å²) in [6.45, 7) is 3.57. The second-order valence-corrected chi connectivity index (χ2v) is 6.71. The quantitative estimate of drug-likeness (QED) is 0.580. The van der Waals surface area contributed by atoms with Crippen molar-refractivity contribution in [1.82, 2.24) is 10.2 Å². The van der Waals surface area contributed by atoms with Crippen molar-refractivity contribution in [2.24, 2.45) is 5.92 Å². The Morgan fingerprint density at radius 3 is 2.34 bits per heavy atom. The van der Waals surface area contributed by atoms with E-state index in [9.17, 15) is 9.59 Å². The molecule has 1 amide bonds. The first kappa shape index (κ1) is 20.3. The van der Waals surface area contributed by atoms with Crippen LogP contribution in [0, 0.1) is 5.92 Å². The van der Waals surface area contributed by atoms with Crippen LogP contribution in [0.2, 0.25) is 0 Å². The van der Waals surface area contributed by atoms with Gasteiger partial charge >= 0.3 is 12.0 Å². The van der Waals surface area contributed by atoms with Gasteiger partial charge in [-0.3, -0.25) is 14.9 Å². The van der Waals surface area contributed by atoms with Gasteiger partial charge in [0, 0.05) is 5.56 Å². The van der Waals surface area contributed by atoms with E-state index < -0.39 is 24.4 Å². The molecular weight excluding hydrogens is 370 g/mol. The van der Waals surface area contributed by atoms with Gasteiger partial charge in [0.05, 0.1) is 5.92 Å². The summed E-state index contributed by atoms with van der Waals surface area (Å²) in [5.41, 5.74) is 1.61. The predicted octanol–water partition coefficient (Wildman–Crippen LogP) is 4.05. The number of amides is 1. The standard InChI is InChI=1S/C22H23N3O4/c1-3-15(2)19(16-10-6-4-7-11-16)21(27)28-14-18(26)23-22-25-24-20(29-22)17-12-8-5-9-13-17/h4-13,15,19H,3,14H2,1-2H3,(H,23,25,26)/t15-,19-/m1/s1. The number of carbonyl (C=O) groups excluding carboxylic acids is 2. The molecule has 7 heteroatoms. The third-order valence-corrected chi connectivity index (χ3v) is 4.66. The third kappa shape index (κ3) is 5.28. The molecule has 7 nitrogen and oxygen atoms in total. The molecule has 29 heavy (non-hydrogen) atoms. The monoisotopic (exact) mass is 393 g/mol. The summed E-state index contributed by atoms with van der Waals surface area (Å²) in [5, 5.41) is 10.1. The van der Waals surface area contributed by atoms with Crippen molar-refractivity contribution in [1.29, 1.82) is 0 Å². The zero-order chi connectivity index (χ0) is 20.6. The molecule has 0 spiro atoms. The lowest BCUT2D eigenvalue weighted by Gasteiger charge is -2.21. The normalized spacial score (nSPS) is 12.8. The molecule has 0 aliphatic heterocycles. The second kappa shape index (κ2) is 9.64. The van der Waals surface area contributed by atoms with Crippen LogP contribution in [-0.4, -0.2) is 28.7 Å². The number of benzene rings is 2. The Morgan fingerprint density at radius 2 is 1.69 bits per heavy atom. The van der Waals surface area contributed by atoms with E-state index in [1.807, 2.05) is 74.5 Å². The summed E-state index contributed by atoms with van der Waals surface area (Å²) in [6.07, 6.45) is 0.811. The minimum Gasteiger partial charge on any atom is -0.455 e. The van der Waals surface area contributed by atoms with E-state index >= 15 is 0 Å². The van der Waals surface area contributed by atoms with Crippen molar-refractivity contribution in [2.45, 2.75) is 26.2 Å². The fourth-order valence-corrected chi connectivity index (χ4v) is 2.95. The molecule has 0 bridgehead atoms. The molecule has 1 aromatic heterocycles. The number of carbonyl (C=O) groups is 2. The summed E-state index contributed by atoms with van der Waals surface area (Å²) in [5.74, 6) is -1.04. The smallest absolute Gasteiger partial charge is 0.322 e. The summed E-state index contributed by atoms with van der Waals surface area (Å²) < 4.78 is 10.7. The number of hydrogen-bond acceptors (Lipinski definition) is 6. The number of nitrogens with one attached hydrogen (secondary N) is 1. The van der Waals surface area contributed by atoms with Crippen LogP contribution in [-0.2, 0) is 14.3 Å². The molecule has 0 saturated carbocycles. The first-order chi connectivity index (χ1) is 14.1. The van der Waals surface area contributed by atoms with E-state index in [1.165, 1.54) is 0 Å². The summed E-state index contributed by atoms with van der Waals surface area (Å²) in [6, 6.07) is 18.6. The Kier molecular flexibility index (Phi) is 6.73. The minimum absolute atomic E-state index is 0.0496. The van der Waals surface area contributed by atoms with Gasteiger partial charge in [-0.15, -0.1) is 5.10 Å². The van der Waals surface area contributed by atoms with Crippen LogP contribution in [0.15, 0.2) is 65.1 Å². The minimum atomic E-state index is -0.544. The van der Waals surface area contributed by atoms with E-state index in [0.717, 1.165) is 17.5 Å². The first-order valence-corrected chi connectivity index (χ1v) is 9.48. The van der Waals surface area contributed by atoms with E-state index in [2.05, 4.69) is 15.5 Å². The highest BCUT2D eigenvalue weighted by atomic mass is 16.5. The topological polar surface area (TPSA) is 94.3 Å². The average molecular weight is 393 g/mol. The Morgan fingerprint density at radius 1 is 1.03 bits per heavy atom. The molecule has 0 unspecified atom stereocenters. The molecule has 2 aromatic carbocycles. The molecule has 3 rings (SSSR count). The van der Waals surface area contributed by atoms with Crippen LogP contribution in [0.3, 0.4) is 0 Å². The second-order valence-electron chi connectivity index (χ2n) is 6.71.